The SMILES string of the molecule is Cc1ccnc(-c2[c-]c(Oc3[c-]c4c(cc3)-c3ccc(Oc5[c-]c(-c6cc(C)ccn6)ccc5)[c-]c3B4c3ncc(C(C)C)cn3)ccc2)c1.[Pd+2].[Pd+2]. The Hall–Kier alpha value is -4.75. The molecule has 4 aromatic carbocycles. The van der Waals surface area contributed by atoms with Crippen molar-refractivity contribution in [3.05, 3.63) is 151 Å². The van der Waals surface area contributed by atoms with E-state index in [0.29, 0.717) is 34.6 Å². The summed E-state index contributed by atoms with van der Waals surface area (Å²) in [6, 6.07) is 41.5. The molecule has 3 aromatic heterocycles. The molecule has 0 bridgehead atoms. The number of hydrogen-bond donors (Lipinski definition) is 0. The number of fused-ring (bicyclic) bond motifs is 3. The van der Waals surface area contributed by atoms with Crippen molar-refractivity contribution in [2.24, 2.45) is 0 Å². The van der Waals surface area contributed by atoms with Gasteiger partial charge in [-0.3, -0.25) is 9.97 Å². The van der Waals surface area contributed by atoms with Gasteiger partial charge in [0.1, 0.15) is 0 Å². The minimum absolute atomic E-state index is 0. The van der Waals surface area contributed by atoms with Gasteiger partial charge in [-0.25, -0.2) is 0 Å². The minimum Gasteiger partial charge on any atom is -0.503 e. The largest absolute Gasteiger partial charge is 2.00 e. The van der Waals surface area contributed by atoms with E-state index >= 15 is 0 Å². The average Bonchev–Trinajstić information content (AvgIpc) is 3.44. The summed E-state index contributed by atoms with van der Waals surface area (Å²) in [5.74, 6) is 2.60. The van der Waals surface area contributed by atoms with Crippen LogP contribution in [0.1, 0.15) is 36.5 Å². The first kappa shape index (κ1) is 37.0. The number of rotatable bonds is 8. The Morgan fingerprint density at radius 3 is 1.46 bits per heavy atom. The van der Waals surface area contributed by atoms with Gasteiger partial charge in [0.2, 0.25) is 6.71 Å². The maximum atomic E-state index is 6.36. The van der Waals surface area contributed by atoms with Crippen molar-refractivity contribution in [3.63, 3.8) is 0 Å². The van der Waals surface area contributed by atoms with E-state index in [4.69, 9.17) is 19.4 Å². The summed E-state index contributed by atoms with van der Waals surface area (Å²) in [4.78, 5) is 18.7. The Kier molecular flexibility index (Phi) is 11.3. The molecule has 258 valence electrons. The van der Waals surface area contributed by atoms with E-state index in [1.807, 2.05) is 99.0 Å². The second-order valence-electron chi connectivity index (χ2n) is 12.8. The molecular weight excluding hydrogens is 828 g/mol. The van der Waals surface area contributed by atoms with E-state index < -0.39 is 0 Å². The molecule has 52 heavy (non-hydrogen) atoms. The predicted molar refractivity (Wildman–Crippen MR) is 197 cm³/mol. The quantitative estimate of drug-likeness (QED) is 0.116. The summed E-state index contributed by atoms with van der Waals surface area (Å²) >= 11 is 0. The number of benzene rings is 4. The summed E-state index contributed by atoms with van der Waals surface area (Å²) in [5.41, 5.74) is 11.3. The van der Waals surface area contributed by atoms with Gasteiger partial charge in [-0.1, -0.05) is 49.2 Å². The summed E-state index contributed by atoms with van der Waals surface area (Å²) < 4.78 is 12.7. The van der Waals surface area contributed by atoms with E-state index in [9.17, 15) is 0 Å². The van der Waals surface area contributed by atoms with E-state index in [1.54, 1.807) is 12.4 Å². The Morgan fingerprint density at radius 2 is 1.02 bits per heavy atom. The van der Waals surface area contributed by atoms with E-state index in [2.05, 4.69) is 60.2 Å². The van der Waals surface area contributed by atoms with Crippen LogP contribution in [0.2, 0.25) is 0 Å². The van der Waals surface area contributed by atoms with Crippen LogP contribution >= 0.6 is 0 Å². The molecule has 0 amide bonds. The van der Waals surface area contributed by atoms with Gasteiger partial charge < -0.3 is 19.4 Å². The zero-order chi connectivity index (χ0) is 34.2. The van der Waals surface area contributed by atoms with Gasteiger partial charge in [0.05, 0.1) is 5.72 Å². The standard InChI is InChI=1S/C43H31BN4O2.2Pd/c1-27(2)32-25-47-43(48-26-32)44-39-23-35(49-33-9-5-7-30(21-33)41-19-28(3)15-17-45-41)11-13-37(39)38-14-12-36(24-40(38)44)50-34-10-6-8-31(22-34)42-20-29(4)16-18-46-42;;/h5-20,25-27H,1-4H3;;/q-4;2*+2. The molecule has 7 aromatic rings. The number of aromatic nitrogens is 4. The van der Waals surface area contributed by atoms with Gasteiger partial charge in [-0.05, 0) is 48.8 Å². The zero-order valence-corrected chi connectivity index (χ0v) is 31.9. The minimum atomic E-state index is -0.327. The topological polar surface area (TPSA) is 70.0 Å². The second kappa shape index (κ2) is 15.9. The molecule has 0 saturated carbocycles. The summed E-state index contributed by atoms with van der Waals surface area (Å²) in [7, 11) is 0. The van der Waals surface area contributed by atoms with Crippen LogP contribution in [-0.2, 0) is 40.8 Å². The third kappa shape index (κ3) is 7.70. The van der Waals surface area contributed by atoms with Crippen LogP contribution in [0.3, 0.4) is 0 Å². The molecule has 0 fully saturated rings. The van der Waals surface area contributed by atoms with Crippen molar-refractivity contribution in [1.29, 1.82) is 0 Å². The molecule has 0 aliphatic carbocycles. The summed E-state index contributed by atoms with van der Waals surface area (Å²) in [5, 5.41) is 0. The smallest absolute Gasteiger partial charge is 0.503 e. The Morgan fingerprint density at radius 1 is 0.558 bits per heavy atom. The Balaban J connectivity index is 0.00000232. The molecule has 0 radical (unpaired) electrons. The molecule has 0 N–H and O–H groups in total. The van der Waals surface area contributed by atoms with Crippen molar-refractivity contribution in [1.82, 2.24) is 19.9 Å². The van der Waals surface area contributed by atoms with Crippen LogP contribution in [0.15, 0.2) is 110 Å². The predicted octanol–water partition coefficient (Wildman–Crippen LogP) is 7.62. The van der Waals surface area contributed by atoms with Gasteiger partial charge >= 0.3 is 40.8 Å². The summed E-state index contributed by atoms with van der Waals surface area (Å²) in [6.45, 7) is 8.04. The fourth-order valence-electron chi connectivity index (χ4n) is 6.14. The van der Waals surface area contributed by atoms with Crippen LogP contribution in [-0.4, -0.2) is 26.6 Å². The van der Waals surface area contributed by atoms with Crippen LogP contribution in [0.4, 0.5) is 0 Å². The normalized spacial score (nSPS) is 11.3. The van der Waals surface area contributed by atoms with Crippen LogP contribution < -0.4 is 26.1 Å². The van der Waals surface area contributed by atoms with E-state index in [0.717, 1.165) is 61.3 Å². The number of ether oxygens (including phenoxy) is 2. The van der Waals surface area contributed by atoms with Crippen molar-refractivity contribution in [2.75, 3.05) is 0 Å². The monoisotopic (exact) mass is 858 g/mol. The van der Waals surface area contributed by atoms with Crippen molar-refractivity contribution >= 4 is 23.4 Å². The van der Waals surface area contributed by atoms with Gasteiger partial charge in [0, 0.05) is 47.8 Å². The molecule has 0 unspecified atom stereocenters. The molecule has 8 rings (SSSR count). The zero-order valence-electron chi connectivity index (χ0n) is 28.8. The molecule has 1 aliphatic heterocycles. The number of nitrogens with zero attached hydrogens (tertiary/aromatic N) is 4. The molecule has 0 saturated heterocycles. The van der Waals surface area contributed by atoms with Crippen molar-refractivity contribution in [3.8, 4) is 56.6 Å². The molecule has 1 aliphatic rings. The van der Waals surface area contributed by atoms with Crippen molar-refractivity contribution in [2.45, 2.75) is 33.6 Å². The van der Waals surface area contributed by atoms with Gasteiger partial charge in [0.15, 0.2) is 0 Å². The maximum absolute atomic E-state index is 6.36. The maximum Gasteiger partial charge on any atom is 2.00 e. The average molecular weight is 859 g/mol. The van der Waals surface area contributed by atoms with Gasteiger partial charge in [-0.15, -0.1) is 71.8 Å². The number of aryl methyl sites for hydroxylation is 2. The van der Waals surface area contributed by atoms with Gasteiger partial charge in [-0.2, -0.15) is 34.2 Å². The first-order valence-electron chi connectivity index (χ1n) is 16.6. The summed E-state index contributed by atoms with van der Waals surface area (Å²) in [6.07, 6.45) is 7.43. The molecule has 0 spiro atoms. The van der Waals surface area contributed by atoms with Crippen LogP contribution in [0.25, 0.3) is 33.6 Å². The van der Waals surface area contributed by atoms with Crippen molar-refractivity contribution < 1.29 is 50.3 Å². The first-order chi connectivity index (χ1) is 24.4. The molecule has 4 heterocycles. The number of pyridine rings is 2. The fourth-order valence-corrected chi connectivity index (χ4v) is 6.14. The number of hydrogen-bond acceptors (Lipinski definition) is 6. The van der Waals surface area contributed by atoms with E-state index in [-0.39, 0.29) is 47.6 Å². The first-order valence-corrected chi connectivity index (χ1v) is 16.6. The Labute approximate surface area is 332 Å². The van der Waals surface area contributed by atoms with Crippen LogP contribution in [0.5, 0.6) is 23.0 Å². The van der Waals surface area contributed by atoms with Crippen LogP contribution in [0, 0.1) is 38.1 Å². The fraction of sp³-hybridized carbons (Fsp3) is 0.116. The second-order valence-corrected chi connectivity index (χ2v) is 12.8. The van der Waals surface area contributed by atoms with Gasteiger partial charge in [0.25, 0.3) is 0 Å². The molecule has 9 heteroatoms. The van der Waals surface area contributed by atoms with E-state index in [1.165, 1.54) is 0 Å². The molecular formula is C43H31BN4O2Pd2. The molecule has 6 nitrogen and oxygen atoms in total. The third-order valence-electron chi connectivity index (χ3n) is 8.74. The third-order valence-corrected chi connectivity index (χ3v) is 8.74. The molecule has 0 atom stereocenters. The Bertz CT molecular complexity index is 2230.